The highest BCUT2D eigenvalue weighted by Crippen LogP contribution is 2.79. The molecule has 0 radical (unpaired) electrons. The van der Waals surface area contributed by atoms with Crippen molar-refractivity contribution in [2.75, 3.05) is 6.54 Å². The Labute approximate surface area is 192 Å². The zero-order valence-corrected chi connectivity index (χ0v) is 19.1. The van der Waals surface area contributed by atoms with Gasteiger partial charge in [0.1, 0.15) is 11.2 Å². The molecule has 2 unspecified atom stereocenters. The van der Waals surface area contributed by atoms with Gasteiger partial charge in [0.25, 0.3) is 11.8 Å². The summed E-state index contributed by atoms with van der Waals surface area (Å²) in [6.45, 7) is 7.59. The number of carbonyl (C=O) groups is 3. The molecule has 2 heterocycles. The number of hydrazone groups is 1. The van der Waals surface area contributed by atoms with Gasteiger partial charge >= 0.3 is 0 Å². The van der Waals surface area contributed by atoms with E-state index in [4.69, 9.17) is 0 Å². The Morgan fingerprint density at radius 1 is 1.03 bits per heavy atom. The summed E-state index contributed by atoms with van der Waals surface area (Å²) >= 11 is 0. The van der Waals surface area contributed by atoms with E-state index in [9.17, 15) is 14.4 Å². The molecule has 3 aliphatic rings. The van der Waals surface area contributed by atoms with Gasteiger partial charge in [0.2, 0.25) is 5.78 Å². The molecular formula is C26H26FN3O3. The first-order valence-electron chi connectivity index (χ1n) is 11.1. The standard InChI is InChI=1S/C26H26FN3O3/c1-16-26(23(33)30(28-16)24(2,3)4)20(18-12-8-9-13-19(18)27)25(26)15-29(22(32)21(25)31)14-17-10-6-5-7-11-17/h5-13,20H,14-15H2,1-4H3/t20-,25?,26?/m0/s1. The normalized spacial score (nSPS) is 28.9. The van der Waals surface area contributed by atoms with Gasteiger partial charge in [-0.25, -0.2) is 9.40 Å². The van der Waals surface area contributed by atoms with Crippen LogP contribution in [0, 0.1) is 16.6 Å². The molecule has 1 saturated carbocycles. The van der Waals surface area contributed by atoms with E-state index in [1.807, 2.05) is 51.1 Å². The zero-order valence-electron chi connectivity index (χ0n) is 19.1. The van der Waals surface area contributed by atoms with Gasteiger partial charge in [-0.3, -0.25) is 14.4 Å². The Morgan fingerprint density at radius 3 is 2.27 bits per heavy atom. The molecule has 2 amide bonds. The third-order valence-electron chi connectivity index (χ3n) is 7.29. The van der Waals surface area contributed by atoms with E-state index < -0.39 is 39.8 Å². The van der Waals surface area contributed by atoms with Crippen LogP contribution in [0.25, 0.3) is 0 Å². The molecule has 2 aliphatic heterocycles. The SMILES string of the molecule is CC1=NN(C(C)(C)C)C(=O)C12[C@@H](c1ccccc1F)C21CN(Cc2ccccc2)C(=O)C1=O. The van der Waals surface area contributed by atoms with Crippen LogP contribution in [0.3, 0.4) is 0 Å². The van der Waals surface area contributed by atoms with Crippen LogP contribution >= 0.6 is 0 Å². The highest BCUT2D eigenvalue weighted by atomic mass is 19.1. The van der Waals surface area contributed by atoms with Crippen LogP contribution in [-0.2, 0) is 20.9 Å². The fraction of sp³-hybridized carbons (Fsp3) is 0.385. The maximum Gasteiger partial charge on any atom is 0.291 e. The van der Waals surface area contributed by atoms with Gasteiger partial charge in [-0.05, 0) is 44.9 Å². The van der Waals surface area contributed by atoms with Crippen LogP contribution in [0.2, 0.25) is 0 Å². The largest absolute Gasteiger partial charge is 0.331 e. The lowest BCUT2D eigenvalue weighted by molar-refractivity contribution is -0.143. The van der Waals surface area contributed by atoms with E-state index in [0.29, 0.717) is 5.71 Å². The van der Waals surface area contributed by atoms with Gasteiger partial charge in [0, 0.05) is 19.0 Å². The van der Waals surface area contributed by atoms with E-state index in [-0.39, 0.29) is 24.6 Å². The summed E-state index contributed by atoms with van der Waals surface area (Å²) in [6, 6.07) is 15.6. The predicted octanol–water partition coefficient (Wildman–Crippen LogP) is 3.52. The average molecular weight is 448 g/mol. The zero-order chi connectivity index (χ0) is 23.8. The number of rotatable bonds is 3. The summed E-state index contributed by atoms with van der Waals surface area (Å²) in [5.41, 5.74) is -1.74. The first-order valence-corrected chi connectivity index (χ1v) is 11.1. The quantitative estimate of drug-likeness (QED) is 0.676. The minimum atomic E-state index is -1.37. The van der Waals surface area contributed by atoms with Crippen molar-refractivity contribution >= 4 is 23.3 Å². The monoisotopic (exact) mass is 447 g/mol. The van der Waals surface area contributed by atoms with Crippen molar-refractivity contribution in [1.82, 2.24) is 9.91 Å². The molecule has 1 saturated heterocycles. The van der Waals surface area contributed by atoms with Crippen molar-refractivity contribution in [2.24, 2.45) is 15.9 Å². The molecule has 3 atom stereocenters. The van der Waals surface area contributed by atoms with E-state index in [1.165, 1.54) is 16.0 Å². The molecule has 2 fully saturated rings. The molecule has 2 aromatic rings. The lowest BCUT2D eigenvalue weighted by atomic mass is 9.86. The topological polar surface area (TPSA) is 70.1 Å². The number of benzene rings is 2. The van der Waals surface area contributed by atoms with Crippen molar-refractivity contribution in [2.45, 2.75) is 45.7 Å². The number of likely N-dealkylation sites (tertiary alicyclic amines) is 1. The minimum absolute atomic E-state index is 0.0507. The number of amides is 2. The lowest BCUT2D eigenvalue weighted by Gasteiger charge is -2.29. The molecule has 0 aromatic heterocycles. The third-order valence-corrected chi connectivity index (χ3v) is 7.29. The first-order chi connectivity index (χ1) is 15.6. The van der Waals surface area contributed by atoms with Gasteiger partial charge in [0.15, 0.2) is 0 Å². The van der Waals surface area contributed by atoms with Crippen molar-refractivity contribution in [3.05, 3.63) is 71.5 Å². The van der Waals surface area contributed by atoms with Crippen LogP contribution in [0.4, 0.5) is 4.39 Å². The summed E-state index contributed by atoms with van der Waals surface area (Å²) in [7, 11) is 0. The number of hydrogen-bond donors (Lipinski definition) is 0. The van der Waals surface area contributed by atoms with E-state index in [2.05, 4.69) is 5.10 Å². The molecule has 1 aliphatic carbocycles. The second-order valence-electron chi connectivity index (χ2n) is 10.2. The third kappa shape index (κ3) is 2.65. The summed E-state index contributed by atoms with van der Waals surface area (Å²) in [5.74, 6) is -2.89. The van der Waals surface area contributed by atoms with Crippen LogP contribution in [-0.4, -0.2) is 45.3 Å². The summed E-state index contributed by atoms with van der Waals surface area (Å²) in [4.78, 5) is 42.2. The Morgan fingerprint density at radius 2 is 1.67 bits per heavy atom. The number of fused-ring (bicyclic) bond motifs is 1. The molecule has 170 valence electrons. The van der Waals surface area contributed by atoms with Crippen molar-refractivity contribution in [1.29, 1.82) is 0 Å². The van der Waals surface area contributed by atoms with E-state index >= 15 is 4.39 Å². The number of ketones is 1. The molecule has 0 N–H and O–H groups in total. The van der Waals surface area contributed by atoms with Gasteiger partial charge in [0.05, 0.1) is 16.7 Å². The molecule has 2 spiro atoms. The Bertz CT molecular complexity index is 1220. The van der Waals surface area contributed by atoms with Gasteiger partial charge in [-0.15, -0.1) is 0 Å². The molecule has 6 nitrogen and oxygen atoms in total. The minimum Gasteiger partial charge on any atom is -0.331 e. The van der Waals surface area contributed by atoms with Crippen LogP contribution in [0.15, 0.2) is 59.7 Å². The summed E-state index contributed by atoms with van der Waals surface area (Å²) in [5, 5.41) is 5.94. The highest BCUT2D eigenvalue weighted by molar-refractivity contribution is 6.45. The maximum absolute atomic E-state index is 15.0. The Kier molecular flexibility index (Phi) is 4.45. The van der Waals surface area contributed by atoms with Gasteiger partial charge < -0.3 is 4.90 Å². The highest BCUT2D eigenvalue weighted by Gasteiger charge is 2.90. The Balaban J connectivity index is 1.64. The van der Waals surface area contributed by atoms with Crippen molar-refractivity contribution in [3.8, 4) is 0 Å². The van der Waals surface area contributed by atoms with Crippen LogP contribution in [0.5, 0.6) is 0 Å². The fourth-order valence-electron chi connectivity index (χ4n) is 5.88. The molecule has 33 heavy (non-hydrogen) atoms. The second kappa shape index (κ2) is 6.83. The molecule has 5 rings (SSSR count). The van der Waals surface area contributed by atoms with E-state index in [1.54, 1.807) is 25.1 Å². The molecule has 7 heteroatoms. The number of hydrogen-bond acceptors (Lipinski definition) is 4. The maximum atomic E-state index is 15.0. The number of halogens is 1. The van der Waals surface area contributed by atoms with Crippen LogP contribution < -0.4 is 0 Å². The summed E-state index contributed by atoms with van der Waals surface area (Å²) in [6.07, 6.45) is 0. The van der Waals surface area contributed by atoms with Gasteiger partial charge in [-0.2, -0.15) is 5.10 Å². The fourth-order valence-corrected chi connectivity index (χ4v) is 5.88. The average Bonchev–Trinajstić information content (AvgIpc) is 3.18. The van der Waals surface area contributed by atoms with Gasteiger partial charge in [-0.1, -0.05) is 48.5 Å². The second-order valence-corrected chi connectivity index (χ2v) is 10.2. The molecule has 0 bridgehead atoms. The Hall–Kier alpha value is -3.35. The van der Waals surface area contributed by atoms with Crippen LogP contribution in [0.1, 0.15) is 44.7 Å². The predicted molar refractivity (Wildman–Crippen MR) is 121 cm³/mol. The smallest absolute Gasteiger partial charge is 0.291 e. The number of Topliss-reactive ketones (excluding diaryl/α,β-unsaturated/α-hetero) is 1. The lowest BCUT2D eigenvalue weighted by Crippen LogP contribution is -2.44. The molecule has 2 aromatic carbocycles. The summed E-state index contributed by atoms with van der Waals surface area (Å²) < 4.78 is 15.0. The molecular weight excluding hydrogens is 421 g/mol. The van der Waals surface area contributed by atoms with Crippen molar-refractivity contribution in [3.63, 3.8) is 0 Å². The number of nitrogens with zero attached hydrogens (tertiary/aromatic N) is 3. The first kappa shape index (κ1) is 21.5. The number of carbonyl (C=O) groups excluding carboxylic acids is 3. The van der Waals surface area contributed by atoms with Crippen molar-refractivity contribution < 1.29 is 18.8 Å². The van der Waals surface area contributed by atoms with E-state index in [0.717, 1.165) is 5.56 Å².